The topological polar surface area (TPSA) is 57.5 Å². The van der Waals surface area contributed by atoms with Crippen molar-refractivity contribution < 1.29 is 19.4 Å². The molecule has 3 nitrogen and oxygen atoms in total. The van der Waals surface area contributed by atoms with Crippen LogP contribution in [0.15, 0.2) is 24.3 Å². The first kappa shape index (κ1) is 12.6. The molecule has 88 valence electrons. The molecule has 2 N–H and O–H groups in total. The van der Waals surface area contributed by atoms with Gasteiger partial charge in [0.2, 0.25) is 0 Å². The summed E-state index contributed by atoms with van der Waals surface area (Å²) in [6.07, 6.45) is 0.0695. The lowest BCUT2D eigenvalue weighted by molar-refractivity contribution is -0.161. The Morgan fingerprint density at radius 1 is 1.56 bits per heavy atom. The predicted octanol–water partition coefficient (Wildman–Crippen LogP) is 2.15. The van der Waals surface area contributed by atoms with Crippen LogP contribution in [0.5, 0.6) is 0 Å². The van der Waals surface area contributed by atoms with Crippen LogP contribution < -0.4 is 0 Å². The number of aliphatic hydroxyl groups is 1. The zero-order valence-corrected chi connectivity index (χ0v) is 9.27. The molecule has 4 heteroatoms. The van der Waals surface area contributed by atoms with Gasteiger partial charge in [-0.3, -0.25) is 0 Å². The third kappa shape index (κ3) is 2.22. The molecule has 2 unspecified atom stereocenters. The van der Waals surface area contributed by atoms with Gasteiger partial charge in [0.15, 0.2) is 5.60 Å². The van der Waals surface area contributed by atoms with Crippen LogP contribution in [0.4, 0.5) is 4.39 Å². The standard InChI is InChI=1S/C12H15FO3/c1-3-12(16,11(14)15)8(2)9-5-4-6-10(13)7-9/h4-8,16H,3H2,1-2H3,(H,14,15). The molecule has 0 amide bonds. The van der Waals surface area contributed by atoms with Gasteiger partial charge in [0.25, 0.3) is 0 Å². The molecule has 0 radical (unpaired) electrons. The van der Waals surface area contributed by atoms with Gasteiger partial charge in [-0.15, -0.1) is 0 Å². The fraction of sp³-hybridized carbons (Fsp3) is 0.417. The van der Waals surface area contributed by atoms with E-state index in [0.717, 1.165) is 0 Å². The lowest BCUT2D eigenvalue weighted by Crippen LogP contribution is -2.42. The van der Waals surface area contributed by atoms with Crippen LogP contribution in [-0.2, 0) is 4.79 Å². The SMILES string of the molecule is CCC(O)(C(=O)O)C(C)c1cccc(F)c1. The molecule has 0 aliphatic rings. The maximum Gasteiger partial charge on any atom is 0.336 e. The van der Waals surface area contributed by atoms with E-state index in [0.29, 0.717) is 5.56 Å². The maximum absolute atomic E-state index is 13.0. The molecule has 0 bridgehead atoms. The van der Waals surface area contributed by atoms with Gasteiger partial charge in [-0.25, -0.2) is 9.18 Å². The number of carboxylic acids is 1. The van der Waals surface area contributed by atoms with Gasteiger partial charge in [-0.05, 0) is 24.1 Å². The minimum Gasteiger partial charge on any atom is -0.479 e. The summed E-state index contributed by atoms with van der Waals surface area (Å²) in [6, 6.07) is 5.63. The maximum atomic E-state index is 13.0. The zero-order chi connectivity index (χ0) is 12.3. The summed E-state index contributed by atoms with van der Waals surface area (Å²) in [7, 11) is 0. The minimum absolute atomic E-state index is 0.0695. The van der Waals surface area contributed by atoms with Crippen LogP contribution in [0.3, 0.4) is 0 Å². The first-order valence-electron chi connectivity index (χ1n) is 5.13. The summed E-state index contributed by atoms with van der Waals surface area (Å²) in [6.45, 7) is 3.16. The van der Waals surface area contributed by atoms with Crippen molar-refractivity contribution in [1.29, 1.82) is 0 Å². The van der Waals surface area contributed by atoms with Crippen molar-refractivity contribution >= 4 is 5.97 Å². The van der Waals surface area contributed by atoms with E-state index in [1.807, 2.05) is 0 Å². The van der Waals surface area contributed by atoms with E-state index in [1.54, 1.807) is 19.9 Å². The number of carbonyl (C=O) groups is 1. The number of rotatable bonds is 4. The molecule has 0 heterocycles. The highest BCUT2D eigenvalue weighted by atomic mass is 19.1. The third-order valence-electron chi connectivity index (χ3n) is 2.97. The van der Waals surface area contributed by atoms with Crippen molar-refractivity contribution in [3.8, 4) is 0 Å². The quantitative estimate of drug-likeness (QED) is 0.827. The average molecular weight is 226 g/mol. The zero-order valence-electron chi connectivity index (χ0n) is 9.27. The Balaban J connectivity index is 3.09. The summed E-state index contributed by atoms with van der Waals surface area (Å²) >= 11 is 0. The summed E-state index contributed by atoms with van der Waals surface area (Å²) in [4.78, 5) is 11.0. The Morgan fingerprint density at radius 3 is 2.62 bits per heavy atom. The summed E-state index contributed by atoms with van der Waals surface area (Å²) in [5.74, 6) is -2.38. The number of hydrogen-bond acceptors (Lipinski definition) is 2. The highest BCUT2D eigenvalue weighted by Gasteiger charge is 2.40. The predicted molar refractivity (Wildman–Crippen MR) is 57.7 cm³/mol. The second kappa shape index (κ2) is 4.61. The summed E-state index contributed by atoms with van der Waals surface area (Å²) < 4.78 is 13.0. The number of hydrogen-bond donors (Lipinski definition) is 2. The summed E-state index contributed by atoms with van der Waals surface area (Å²) in [5.41, 5.74) is -1.37. The molecule has 0 fully saturated rings. The Bertz CT molecular complexity index is 392. The van der Waals surface area contributed by atoms with E-state index in [1.165, 1.54) is 18.2 Å². The number of aliphatic carboxylic acids is 1. The molecular weight excluding hydrogens is 211 g/mol. The first-order valence-corrected chi connectivity index (χ1v) is 5.13. The summed E-state index contributed by atoms with van der Waals surface area (Å²) in [5, 5.41) is 19.0. The molecule has 1 aromatic carbocycles. The Morgan fingerprint density at radius 2 is 2.19 bits per heavy atom. The van der Waals surface area contributed by atoms with Crippen molar-refractivity contribution in [2.24, 2.45) is 0 Å². The third-order valence-corrected chi connectivity index (χ3v) is 2.97. The lowest BCUT2D eigenvalue weighted by atomic mass is 9.81. The number of benzene rings is 1. The largest absolute Gasteiger partial charge is 0.479 e. The Kier molecular flexibility index (Phi) is 3.65. The van der Waals surface area contributed by atoms with Crippen molar-refractivity contribution in [3.63, 3.8) is 0 Å². The van der Waals surface area contributed by atoms with Crippen LogP contribution in [0.25, 0.3) is 0 Å². The molecule has 0 aliphatic carbocycles. The van der Waals surface area contributed by atoms with Crippen LogP contribution in [0.1, 0.15) is 31.7 Å². The van der Waals surface area contributed by atoms with Crippen molar-refractivity contribution in [2.75, 3.05) is 0 Å². The van der Waals surface area contributed by atoms with Crippen LogP contribution >= 0.6 is 0 Å². The molecule has 0 saturated heterocycles. The first-order chi connectivity index (χ1) is 7.41. The molecule has 0 aromatic heterocycles. The van der Waals surface area contributed by atoms with E-state index < -0.39 is 23.3 Å². The number of carboxylic acid groups (broad SMARTS) is 1. The van der Waals surface area contributed by atoms with Crippen molar-refractivity contribution in [2.45, 2.75) is 31.8 Å². The number of halogens is 1. The fourth-order valence-electron chi connectivity index (χ4n) is 1.69. The van der Waals surface area contributed by atoms with Gasteiger partial charge in [-0.2, -0.15) is 0 Å². The molecule has 0 aliphatic heterocycles. The molecule has 1 aromatic rings. The average Bonchev–Trinajstić information content (AvgIpc) is 2.26. The minimum atomic E-state index is -1.85. The van der Waals surface area contributed by atoms with E-state index in [4.69, 9.17) is 5.11 Å². The Labute approximate surface area is 93.5 Å². The second-order valence-electron chi connectivity index (χ2n) is 3.86. The molecule has 16 heavy (non-hydrogen) atoms. The second-order valence-corrected chi connectivity index (χ2v) is 3.86. The van der Waals surface area contributed by atoms with Gasteiger partial charge >= 0.3 is 5.97 Å². The molecule has 0 saturated carbocycles. The van der Waals surface area contributed by atoms with Gasteiger partial charge in [0, 0.05) is 5.92 Å². The smallest absolute Gasteiger partial charge is 0.336 e. The van der Waals surface area contributed by atoms with E-state index in [-0.39, 0.29) is 6.42 Å². The van der Waals surface area contributed by atoms with Crippen LogP contribution in [-0.4, -0.2) is 21.8 Å². The van der Waals surface area contributed by atoms with E-state index in [2.05, 4.69) is 0 Å². The monoisotopic (exact) mass is 226 g/mol. The molecule has 1 rings (SSSR count). The van der Waals surface area contributed by atoms with Crippen LogP contribution in [0, 0.1) is 5.82 Å². The lowest BCUT2D eigenvalue weighted by Gasteiger charge is -2.29. The van der Waals surface area contributed by atoms with Gasteiger partial charge in [-0.1, -0.05) is 26.0 Å². The van der Waals surface area contributed by atoms with E-state index in [9.17, 15) is 14.3 Å². The van der Waals surface area contributed by atoms with E-state index >= 15 is 0 Å². The molecule has 0 spiro atoms. The van der Waals surface area contributed by atoms with Gasteiger partial charge < -0.3 is 10.2 Å². The molecule has 2 atom stereocenters. The van der Waals surface area contributed by atoms with Gasteiger partial charge in [0.1, 0.15) is 5.82 Å². The van der Waals surface area contributed by atoms with Crippen molar-refractivity contribution in [1.82, 2.24) is 0 Å². The van der Waals surface area contributed by atoms with Crippen LogP contribution in [0.2, 0.25) is 0 Å². The Hall–Kier alpha value is -1.42. The molecular formula is C12H15FO3. The van der Waals surface area contributed by atoms with Gasteiger partial charge in [0.05, 0.1) is 0 Å². The normalized spacial score (nSPS) is 16.5. The van der Waals surface area contributed by atoms with Crippen molar-refractivity contribution in [3.05, 3.63) is 35.6 Å². The highest BCUT2D eigenvalue weighted by Crippen LogP contribution is 2.31. The highest BCUT2D eigenvalue weighted by molar-refractivity contribution is 5.78. The fourth-order valence-corrected chi connectivity index (χ4v) is 1.69.